The standard InChI is InChI=1S/C20H23N3O2S/c24-17-8-12-22(13-9-17)16-6-4-15(5-7-16)14-18-19(25)21-20(26-18)23-10-2-1-3-11-23/h4-7,14H,1-3,8-13H2/b18-14-. The summed E-state index contributed by atoms with van der Waals surface area (Å²) in [4.78, 5) is 33.0. The molecule has 0 atom stereocenters. The summed E-state index contributed by atoms with van der Waals surface area (Å²) in [6, 6.07) is 8.20. The van der Waals surface area contributed by atoms with Gasteiger partial charge in [0.2, 0.25) is 0 Å². The average molecular weight is 369 g/mol. The minimum Gasteiger partial charge on any atom is -0.371 e. The fourth-order valence-electron chi connectivity index (χ4n) is 3.57. The zero-order valence-corrected chi connectivity index (χ0v) is 15.6. The third kappa shape index (κ3) is 3.85. The first-order valence-corrected chi connectivity index (χ1v) is 10.1. The number of likely N-dealkylation sites (tertiary alicyclic amines) is 1. The molecule has 2 saturated heterocycles. The van der Waals surface area contributed by atoms with Crippen LogP contribution in [0.15, 0.2) is 34.2 Å². The molecule has 0 unspecified atom stereocenters. The summed E-state index contributed by atoms with van der Waals surface area (Å²) in [5.74, 6) is 0.220. The number of aliphatic imine (C=N–C) groups is 1. The summed E-state index contributed by atoms with van der Waals surface area (Å²) in [5.41, 5.74) is 2.14. The van der Waals surface area contributed by atoms with Gasteiger partial charge in [-0.3, -0.25) is 9.59 Å². The van der Waals surface area contributed by atoms with Crippen LogP contribution in [0.1, 0.15) is 37.7 Å². The number of benzene rings is 1. The van der Waals surface area contributed by atoms with E-state index in [2.05, 4.69) is 26.9 Å². The number of nitrogens with zero attached hydrogens (tertiary/aromatic N) is 3. The quantitative estimate of drug-likeness (QED) is 0.749. The summed E-state index contributed by atoms with van der Waals surface area (Å²) in [6.45, 7) is 3.58. The van der Waals surface area contributed by atoms with Crippen molar-refractivity contribution < 1.29 is 9.59 Å². The molecular weight excluding hydrogens is 346 g/mol. The van der Waals surface area contributed by atoms with Gasteiger partial charge in [0.25, 0.3) is 5.91 Å². The Morgan fingerprint density at radius 2 is 1.58 bits per heavy atom. The van der Waals surface area contributed by atoms with Gasteiger partial charge >= 0.3 is 0 Å². The van der Waals surface area contributed by atoms with Crippen LogP contribution < -0.4 is 4.90 Å². The molecule has 1 aromatic rings. The highest BCUT2D eigenvalue weighted by molar-refractivity contribution is 8.18. The normalized spacial score (nSPS) is 22.9. The average Bonchev–Trinajstić information content (AvgIpc) is 3.04. The Balaban J connectivity index is 1.42. The number of rotatable bonds is 2. The van der Waals surface area contributed by atoms with Crippen molar-refractivity contribution in [2.75, 3.05) is 31.1 Å². The van der Waals surface area contributed by atoms with Gasteiger partial charge < -0.3 is 9.80 Å². The minimum atomic E-state index is -0.130. The molecule has 0 saturated carbocycles. The van der Waals surface area contributed by atoms with Crippen LogP contribution in [0, 0.1) is 0 Å². The van der Waals surface area contributed by atoms with Crippen LogP contribution in [0.2, 0.25) is 0 Å². The van der Waals surface area contributed by atoms with E-state index in [9.17, 15) is 9.59 Å². The van der Waals surface area contributed by atoms with Gasteiger partial charge in [0.1, 0.15) is 5.78 Å². The van der Waals surface area contributed by atoms with Crippen LogP contribution in [-0.2, 0) is 9.59 Å². The number of piperidine rings is 2. The molecule has 2 fully saturated rings. The molecule has 1 aromatic carbocycles. The molecule has 0 spiro atoms. The Morgan fingerprint density at radius 1 is 0.885 bits per heavy atom. The van der Waals surface area contributed by atoms with Crippen molar-refractivity contribution >= 4 is 40.4 Å². The first-order chi connectivity index (χ1) is 12.7. The maximum atomic E-state index is 12.2. The molecule has 136 valence electrons. The van der Waals surface area contributed by atoms with Gasteiger partial charge in [-0.05, 0) is 54.8 Å². The second kappa shape index (κ2) is 7.66. The number of amidine groups is 1. The zero-order valence-electron chi connectivity index (χ0n) is 14.8. The van der Waals surface area contributed by atoms with Crippen molar-refractivity contribution in [1.82, 2.24) is 4.90 Å². The van der Waals surface area contributed by atoms with Crippen LogP contribution in [0.5, 0.6) is 0 Å². The van der Waals surface area contributed by atoms with Gasteiger partial charge in [0, 0.05) is 44.7 Å². The smallest absolute Gasteiger partial charge is 0.286 e. The van der Waals surface area contributed by atoms with Crippen molar-refractivity contribution in [1.29, 1.82) is 0 Å². The van der Waals surface area contributed by atoms with Crippen molar-refractivity contribution in [2.45, 2.75) is 32.1 Å². The largest absolute Gasteiger partial charge is 0.371 e. The van der Waals surface area contributed by atoms with Crippen molar-refractivity contribution in [3.05, 3.63) is 34.7 Å². The highest BCUT2D eigenvalue weighted by Crippen LogP contribution is 2.31. The Bertz CT molecular complexity index is 754. The number of carbonyl (C=O) groups excluding carboxylic acids is 2. The van der Waals surface area contributed by atoms with Gasteiger partial charge in [0.05, 0.1) is 4.91 Å². The molecule has 3 aliphatic rings. The van der Waals surface area contributed by atoms with E-state index in [-0.39, 0.29) is 5.91 Å². The first kappa shape index (κ1) is 17.3. The molecule has 26 heavy (non-hydrogen) atoms. The number of anilines is 1. The fraction of sp³-hybridized carbons (Fsp3) is 0.450. The van der Waals surface area contributed by atoms with Crippen molar-refractivity contribution in [3.8, 4) is 0 Å². The molecule has 3 aliphatic heterocycles. The van der Waals surface area contributed by atoms with Crippen LogP contribution in [-0.4, -0.2) is 47.9 Å². The topological polar surface area (TPSA) is 53.0 Å². The highest BCUT2D eigenvalue weighted by Gasteiger charge is 2.26. The van der Waals surface area contributed by atoms with E-state index in [4.69, 9.17) is 0 Å². The maximum Gasteiger partial charge on any atom is 0.286 e. The van der Waals surface area contributed by atoms with Crippen molar-refractivity contribution in [2.24, 2.45) is 4.99 Å². The van der Waals surface area contributed by atoms with E-state index in [0.717, 1.165) is 42.6 Å². The number of hydrogen-bond acceptors (Lipinski definition) is 5. The minimum absolute atomic E-state index is 0.130. The Labute approximate surface area is 158 Å². The number of amides is 1. The summed E-state index contributed by atoms with van der Waals surface area (Å²) < 4.78 is 0. The second-order valence-electron chi connectivity index (χ2n) is 6.98. The molecule has 1 amide bonds. The summed E-state index contributed by atoms with van der Waals surface area (Å²) >= 11 is 1.49. The Kier molecular flexibility index (Phi) is 5.11. The number of carbonyl (C=O) groups is 2. The lowest BCUT2D eigenvalue weighted by molar-refractivity contribution is -0.119. The van der Waals surface area contributed by atoms with Crippen LogP contribution in [0.3, 0.4) is 0 Å². The van der Waals surface area contributed by atoms with Gasteiger partial charge in [-0.25, -0.2) is 0 Å². The third-order valence-electron chi connectivity index (χ3n) is 5.11. The lowest BCUT2D eigenvalue weighted by atomic mass is 10.1. The number of thioether (sulfide) groups is 1. The summed E-state index contributed by atoms with van der Waals surface area (Å²) in [6.07, 6.45) is 6.81. The van der Waals surface area contributed by atoms with Crippen molar-refractivity contribution in [3.63, 3.8) is 0 Å². The van der Waals surface area contributed by atoms with E-state index >= 15 is 0 Å². The molecular formula is C20H23N3O2S. The molecule has 3 heterocycles. The van der Waals surface area contributed by atoms with Gasteiger partial charge in [-0.2, -0.15) is 4.99 Å². The molecule has 0 radical (unpaired) electrons. The molecule has 6 heteroatoms. The summed E-state index contributed by atoms with van der Waals surface area (Å²) in [5, 5.41) is 0.857. The van der Waals surface area contributed by atoms with E-state index in [1.807, 2.05) is 18.2 Å². The molecule has 0 N–H and O–H groups in total. The third-order valence-corrected chi connectivity index (χ3v) is 6.16. The fourth-order valence-corrected chi connectivity index (χ4v) is 4.53. The number of hydrogen-bond donors (Lipinski definition) is 0. The molecule has 0 aliphatic carbocycles. The number of Topliss-reactive ketones (excluding diaryl/α,β-unsaturated/α-hetero) is 1. The SMILES string of the molecule is O=C1CCN(c2ccc(/C=C3\SC(N4CCCCC4)=NC3=O)cc2)CC1. The van der Waals surface area contributed by atoms with Crippen LogP contribution in [0.25, 0.3) is 6.08 Å². The second-order valence-corrected chi connectivity index (χ2v) is 7.98. The lowest BCUT2D eigenvalue weighted by Gasteiger charge is -2.28. The van der Waals surface area contributed by atoms with E-state index in [1.54, 1.807) is 0 Å². The molecule has 5 nitrogen and oxygen atoms in total. The molecule has 0 bridgehead atoms. The predicted molar refractivity (Wildman–Crippen MR) is 106 cm³/mol. The van der Waals surface area contributed by atoms with Gasteiger partial charge in [0.15, 0.2) is 5.17 Å². The monoisotopic (exact) mass is 369 g/mol. The number of ketones is 1. The van der Waals surface area contributed by atoms with Gasteiger partial charge in [-0.15, -0.1) is 0 Å². The van der Waals surface area contributed by atoms with Crippen LogP contribution in [0.4, 0.5) is 5.69 Å². The first-order valence-electron chi connectivity index (χ1n) is 9.33. The van der Waals surface area contributed by atoms with Crippen LogP contribution >= 0.6 is 11.8 Å². The maximum absolute atomic E-state index is 12.2. The van der Waals surface area contributed by atoms with E-state index in [1.165, 1.54) is 31.0 Å². The van der Waals surface area contributed by atoms with Gasteiger partial charge in [-0.1, -0.05) is 12.1 Å². The predicted octanol–water partition coefficient (Wildman–Crippen LogP) is 3.31. The van der Waals surface area contributed by atoms with E-state index < -0.39 is 0 Å². The lowest BCUT2D eigenvalue weighted by Crippen LogP contribution is -2.33. The van der Waals surface area contributed by atoms with E-state index in [0.29, 0.717) is 23.5 Å². The zero-order chi connectivity index (χ0) is 17.9. The molecule has 0 aromatic heterocycles. The Hall–Kier alpha value is -2.08. The Morgan fingerprint density at radius 3 is 2.27 bits per heavy atom. The summed E-state index contributed by atoms with van der Waals surface area (Å²) in [7, 11) is 0. The highest BCUT2D eigenvalue weighted by atomic mass is 32.2. The molecule has 4 rings (SSSR count).